The van der Waals surface area contributed by atoms with Crippen LogP contribution in [0.1, 0.15) is 41.1 Å². The van der Waals surface area contributed by atoms with Crippen LogP contribution in [0.3, 0.4) is 0 Å². The highest BCUT2D eigenvalue weighted by molar-refractivity contribution is 7.19. The van der Waals surface area contributed by atoms with Crippen LogP contribution in [0.2, 0.25) is 5.02 Å². The number of hydrogen-bond donors (Lipinski definition) is 1. The predicted molar refractivity (Wildman–Crippen MR) is 162 cm³/mol. The van der Waals surface area contributed by atoms with Crippen molar-refractivity contribution in [2.45, 2.75) is 45.8 Å². The van der Waals surface area contributed by atoms with Crippen LogP contribution < -0.4 is 10.1 Å². The minimum atomic E-state index is 0.0703. The first-order valence-corrected chi connectivity index (χ1v) is 15.1. The molecule has 0 spiro atoms. The largest absolute Gasteiger partial charge is 0.486 e. The van der Waals surface area contributed by atoms with Gasteiger partial charge in [-0.15, -0.1) is 11.3 Å². The summed E-state index contributed by atoms with van der Waals surface area (Å²) >= 11 is 8.18. The maximum absolute atomic E-state index is 12.9. The van der Waals surface area contributed by atoms with Crippen LogP contribution in [0, 0.1) is 6.92 Å². The topological polar surface area (TPSA) is 96.4 Å². The molecule has 212 valence electrons. The third-order valence-electron chi connectivity index (χ3n) is 7.40. The van der Waals surface area contributed by atoms with Crippen molar-refractivity contribution in [3.63, 3.8) is 0 Å². The maximum Gasteiger partial charge on any atom is 0.246 e. The van der Waals surface area contributed by atoms with Gasteiger partial charge in [0.15, 0.2) is 0 Å². The number of aromatic nitrogens is 4. The molecule has 2 aliphatic heterocycles. The molecular weight excluding hydrogens is 558 g/mol. The Bertz CT molecular complexity index is 1580. The average molecular weight is 590 g/mol. The molecule has 41 heavy (non-hydrogen) atoms. The van der Waals surface area contributed by atoms with E-state index in [-0.39, 0.29) is 12.5 Å². The fraction of sp³-hybridized carbons (Fsp3) is 0.367. The molecule has 9 nitrogen and oxygen atoms in total. The van der Waals surface area contributed by atoms with Gasteiger partial charge in [-0.1, -0.05) is 24.1 Å². The first kappa shape index (κ1) is 27.6. The van der Waals surface area contributed by atoms with E-state index >= 15 is 0 Å². The van der Waals surface area contributed by atoms with Crippen LogP contribution in [-0.2, 0) is 24.4 Å². The molecule has 4 aromatic rings. The van der Waals surface area contributed by atoms with E-state index in [0.717, 1.165) is 64.0 Å². The molecule has 1 saturated heterocycles. The highest BCUT2D eigenvalue weighted by atomic mass is 35.5. The van der Waals surface area contributed by atoms with Crippen LogP contribution in [0.15, 0.2) is 49.1 Å². The number of piperidine rings is 1. The predicted octanol–water partition coefficient (Wildman–Crippen LogP) is 5.69. The number of carbonyl (C=O) groups excluding carboxylic acids is 1. The molecule has 1 N–H and O–H groups in total. The van der Waals surface area contributed by atoms with Crippen LogP contribution >= 0.6 is 22.9 Å². The molecule has 0 saturated carbocycles. The molecule has 1 fully saturated rings. The van der Waals surface area contributed by atoms with E-state index in [9.17, 15) is 4.79 Å². The summed E-state index contributed by atoms with van der Waals surface area (Å²) in [5, 5.41) is 4.91. The lowest BCUT2D eigenvalue weighted by molar-refractivity contribution is -0.126. The van der Waals surface area contributed by atoms with Crippen molar-refractivity contribution in [3.05, 3.63) is 75.9 Å². The summed E-state index contributed by atoms with van der Waals surface area (Å²) < 4.78 is 5.87. The lowest BCUT2D eigenvalue weighted by atomic mass is 10.0. The summed E-state index contributed by atoms with van der Waals surface area (Å²) in [5.74, 6) is 1.37. The number of anilines is 2. The van der Waals surface area contributed by atoms with Gasteiger partial charge in [0.2, 0.25) is 5.91 Å². The second-order valence-corrected chi connectivity index (χ2v) is 11.9. The number of aryl methyl sites for hydroxylation is 1. The van der Waals surface area contributed by atoms with Gasteiger partial charge in [0.05, 0.1) is 34.5 Å². The lowest BCUT2D eigenvalue weighted by Crippen LogP contribution is -2.34. The number of hydrogen-bond acceptors (Lipinski definition) is 9. The molecule has 0 unspecified atom stereocenters. The van der Waals surface area contributed by atoms with Crippen molar-refractivity contribution in [1.29, 1.82) is 0 Å². The Morgan fingerprint density at radius 2 is 2.05 bits per heavy atom. The number of halogens is 1. The van der Waals surface area contributed by atoms with Gasteiger partial charge in [0, 0.05) is 35.9 Å². The number of likely N-dealkylation sites (tertiary alicyclic amines) is 1. The third-order valence-corrected chi connectivity index (χ3v) is 8.82. The van der Waals surface area contributed by atoms with Crippen molar-refractivity contribution < 1.29 is 9.53 Å². The smallest absolute Gasteiger partial charge is 0.246 e. The van der Waals surface area contributed by atoms with Gasteiger partial charge in [-0.05, 0) is 63.0 Å². The Balaban J connectivity index is 1.13. The summed E-state index contributed by atoms with van der Waals surface area (Å²) in [5.41, 5.74) is 3.58. The Kier molecular flexibility index (Phi) is 8.41. The fourth-order valence-corrected chi connectivity index (χ4v) is 6.77. The zero-order valence-corrected chi connectivity index (χ0v) is 24.5. The molecule has 0 bridgehead atoms. The Morgan fingerprint density at radius 3 is 2.88 bits per heavy atom. The second kappa shape index (κ2) is 12.5. The Hall–Kier alpha value is -3.60. The van der Waals surface area contributed by atoms with E-state index in [0.29, 0.717) is 23.9 Å². The zero-order valence-electron chi connectivity index (χ0n) is 23.0. The van der Waals surface area contributed by atoms with Gasteiger partial charge >= 0.3 is 0 Å². The van der Waals surface area contributed by atoms with Crippen LogP contribution in [-0.4, -0.2) is 61.8 Å². The summed E-state index contributed by atoms with van der Waals surface area (Å²) in [6.07, 6.45) is 13.3. The molecule has 2 aliphatic rings. The SMILES string of the molecule is Cc1cncc(COc2ccc(Nc3ncnc4sc5c(c34)CCN(C(=O)C=CCN3CCCCC3)C5)cc2Cl)n1. The average Bonchev–Trinajstić information content (AvgIpc) is 3.36. The van der Waals surface area contributed by atoms with Gasteiger partial charge in [-0.25, -0.2) is 9.97 Å². The fourth-order valence-electron chi connectivity index (χ4n) is 5.33. The van der Waals surface area contributed by atoms with E-state index < -0.39 is 0 Å². The van der Waals surface area contributed by atoms with Gasteiger partial charge in [0.25, 0.3) is 0 Å². The third kappa shape index (κ3) is 6.50. The van der Waals surface area contributed by atoms with E-state index in [1.165, 1.54) is 24.8 Å². The Morgan fingerprint density at radius 1 is 1.17 bits per heavy atom. The number of benzene rings is 1. The molecule has 6 rings (SSSR count). The molecule has 5 heterocycles. The first-order valence-electron chi connectivity index (χ1n) is 13.9. The molecule has 0 aliphatic carbocycles. The van der Waals surface area contributed by atoms with E-state index in [4.69, 9.17) is 16.3 Å². The number of rotatable bonds is 8. The highest BCUT2D eigenvalue weighted by Gasteiger charge is 2.25. The monoisotopic (exact) mass is 589 g/mol. The summed E-state index contributed by atoms with van der Waals surface area (Å²) in [7, 11) is 0. The van der Waals surface area contributed by atoms with Gasteiger partial charge in [-0.2, -0.15) is 0 Å². The van der Waals surface area contributed by atoms with Crippen LogP contribution in [0.25, 0.3) is 10.2 Å². The molecule has 1 amide bonds. The number of carbonyl (C=O) groups is 1. The van der Waals surface area contributed by atoms with Crippen molar-refractivity contribution in [2.75, 3.05) is 31.5 Å². The lowest BCUT2D eigenvalue weighted by Gasteiger charge is -2.27. The quantitative estimate of drug-likeness (QED) is 0.262. The van der Waals surface area contributed by atoms with Gasteiger partial charge < -0.3 is 15.0 Å². The minimum Gasteiger partial charge on any atom is -0.486 e. The van der Waals surface area contributed by atoms with Gasteiger partial charge in [-0.3, -0.25) is 19.7 Å². The van der Waals surface area contributed by atoms with E-state index in [1.54, 1.807) is 36.1 Å². The molecule has 0 atom stereocenters. The minimum absolute atomic E-state index is 0.0703. The number of nitrogens with zero attached hydrogens (tertiary/aromatic N) is 6. The molecule has 0 radical (unpaired) electrons. The number of nitrogens with one attached hydrogen (secondary N) is 1. The number of ether oxygens (including phenoxy) is 1. The molecule has 3 aromatic heterocycles. The number of fused-ring (bicyclic) bond motifs is 3. The molecule has 11 heteroatoms. The summed E-state index contributed by atoms with van der Waals surface area (Å²) in [4.78, 5) is 37.0. The van der Waals surface area contributed by atoms with Crippen LogP contribution in [0.4, 0.5) is 11.5 Å². The standard InChI is InChI=1S/C30H32ClN7O2S/c1-20-15-32-16-22(35-20)18-40-25-8-7-21(14-24(25)31)36-29-28-23-9-13-38(17-26(23)41-30(28)34-19-33-29)27(39)6-5-12-37-10-3-2-4-11-37/h5-8,14-16,19H,2-4,9-13,17-18H2,1H3,(H,33,34,36). The summed E-state index contributed by atoms with van der Waals surface area (Å²) in [6.45, 7) is 6.52. The van der Waals surface area contributed by atoms with Crippen molar-refractivity contribution >= 4 is 50.6 Å². The second-order valence-electron chi connectivity index (χ2n) is 10.4. The Labute approximate surface area is 248 Å². The van der Waals surface area contributed by atoms with E-state index in [1.807, 2.05) is 36.1 Å². The molecular formula is C30H32ClN7O2S. The highest BCUT2D eigenvalue weighted by Crippen LogP contribution is 2.39. The van der Waals surface area contributed by atoms with Crippen LogP contribution in [0.5, 0.6) is 5.75 Å². The maximum atomic E-state index is 12.9. The van der Waals surface area contributed by atoms with Crippen molar-refractivity contribution in [1.82, 2.24) is 29.7 Å². The number of thiophene rings is 1. The van der Waals surface area contributed by atoms with Gasteiger partial charge in [0.1, 0.15) is 29.3 Å². The molecule has 1 aromatic carbocycles. The number of amides is 1. The van der Waals surface area contributed by atoms with E-state index in [2.05, 4.69) is 30.2 Å². The van der Waals surface area contributed by atoms with Crippen molar-refractivity contribution in [2.24, 2.45) is 0 Å². The summed E-state index contributed by atoms with van der Waals surface area (Å²) in [6, 6.07) is 5.56. The zero-order chi connectivity index (χ0) is 28.2. The normalized spacial score (nSPS) is 15.8. The first-order chi connectivity index (χ1) is 20.0. The van der Waals surface area contributed by atoms with Crippen molar-refractivity contribution in [3.8, 4) is 5.75 Å².